The normalized spacial score (nSPS) is 21.1. The highest BCUT2D eigenvalue weighted by Gasteiger charge is 2.34. The number of piperidine rings is 1. The molecule has 11 nitrogen and oxygen atoms in total. The number of methoxy groups -OCH3 is 1. The van der Waals surface area contributed by atoms with Gasteiger partial charge in [-0.1, -0.05) is 30.3 Å². The highest BCUT2D eigenvalue weighted by atomic mass is 35.5. The van der Waals surface area contributed by atoms with Crippen LogP contribution in [-0.2, 0) is 9.63 Å². The summed E-state index contributed by atoms with van der Waals surface area (Å²) in [5.41, 5.74) is 3.34. The molecule has 4 heterocycles. The number of hydrogen-bond acceptors (Lipinski definition) is 10. The van der Waals surface area contributed by atoms with Crippen LogP contribution in [0.2, 0.25) is 5.02 Å². The van der Waals surface area contributed by atoms with Crippen molar-refractivity contribution in [2.24, 2.45) is 0 Å². The number of nitrogens with zero attached hydrogens (tertiary/aromatic N) is 6. The van der Waals surface area contributed by atoms with E-state index in [1.54, 1.807) is 7.11 Å². The third kappa shape index (κ3) is 7.18. The second-order valence-electron chi connectivity index (χ2n) is 12.7. The molecule has 12 heteroatoms. The van der Waals surface area contributed by atoms with Gasteiger partial charge in [0.2, 0.25) is 5.91 Å². The number of aromatic nitrogens is 2. The number of ether oxygens (including phenoxy) is 1. The van der Waals surface area contributed by atoms with E-state index in [4.69, 9.17) is 21.2 Å². The summed E-state index contributed by atoms with van der Waals surface area (Å²) in [6.07, 6.45) is 8.52. The van der Waals surface area contributed by atoms with Gasteiger partial charge in [-0.25, -0.2) is 15.0 Å². The molecule has 7 rings (SSSR count). The monoisotopic (exact) mass is 658 g/mol. The van der Waals surface area contributed by atoms with Crippen molar-refractivity contribution in [3.63, 3.8) is 0 Å². The molecule has 0 bridgehead atoms. The third-order valence-corrected chi connectivity index (χ3v) is 10.0. The van der Waals surface area contributed by atoms with Gasteiger partial charge >= 0.3 is 0 Å². The van der Waals surface area contributed by atoms with E-state index >= 15 is 0 Å². The first kappa shape index (κ1) is 31.7. The van der Waals surface area contributed by atoms with Crippen LogP contribution in [0.3, 0.4) is 0 Å². The summed E-state index contributed by atoms with van der Waals surface area (Å²) >= 11 is 6.28. The van der Waals surface area contributed by atoms with Gasteiger partial charge in [-0.15, -0.1) is 0 Å². The molecular formula is C35H43ClN8O3. The summed E-state index contributed by atoms with van der Waals surface area (Å²) < 4.78 is 5.88. The smallest absolute Gasteiger partial charge is 0.247 e. The van der Waals surface area contributed by atoms with Crippen LogP contribution in [0.4, 0.5) is 28.7 Å². The van der Waals surface area contributed by atoms with Crippen LogP contribution in [0.5, 0.6) is 5.75 Å². The number of hydroxylamine groups is 1. The van der Waals surface area contributed by atoms with Crippen LogP contribution in [0, 0.1) is 0 Å². The summed E-state index contributed by atoms with van der Waals surface area (Å²) in [7, 11) is 1.65. The molecule has 47 heavy (non-hydrogen) atoms. The van der Waals surface area contributed by atoms with Crippen molar-refractivity contribution in [3.05, 3.63) is 72.0 Å². The second-order valence-corrected chi connectivity index (χ2v) is 13.1. The topological polar surface area (TPSA) is 98.3 Å². The van der Waals surface area contributed by atoms with Crippen molar-refractivity contribution in [1.82, 2.24) is 19.8 Å². The zero-order chi connectivity index (χ0) is 32.3. The van der Waals surface area contributed by atoms with E-state index < -0.39 is 0 Å². The fourth-order valence-corrected chi connectivity index (χ4v) is 7.34. The van der Waals surface area contributed by atoms with Crippen LogP contribution in [0.15, 0.2) is 61.4 Å². The first-order chi connectivity index (χ1) is 23.0. The summed E-state index contributed by atoms with van der Waals surface area (Å²) in [5.74, 6) is 1.56. The Kier molecular flexibility index (Phi) is 9.48. The number of anilines is 5. The van der Waals surface area contributed by atoms with Crippen LogP contribution in [0.25, 0.3) is 0 Å². The Hall–Kier alpha value is -3.90. The molecule has 3 aromatic rings. The molecule has 1 aromatic heterocycles. The predicted molar refractivity (Wildman–Crippen MR) is 186 cm³/mol. The largest absolute Gasteiger partial charge is 0.494 e. The van der Waals surface area contributed by atoms with E-state index in [0.29, 0.717) is 46.4 Å². The lowest BCUT2D eigenvalue weighted by Crippen LogP contribution is -2.53. The molecule has 1 aliphatic carbocycles. The Labute approximate surface area is 281 Å². The van der Waals surface area contributed by atoms with Gasteiger partial charge in [0.25, 0.3) is 0 Å². The molecule has 248 valence electrons. The Balaban J connectivity index is 1.08. The van der Waals surface area contributed by atoms with Crippen molar-refractivity contribution in [3.8, 4) is 5.75 Å². The summed E-state index contributed by atoms with van der Waals surface area (Å²) in [5, 5.41) is 8.92. The highest BCUT2D eigenvalue weighted by molar-refractivity contribution is 6.30. The number of halogens is 1. The quantitative estimate of drug-likeness (QED) is 0.267. The van der Waals surface area contributed by atoms with Gasteiger partial charge in [-0.05, 0) is 55.5 Å². The van der Waals surface area contributed by atoms with E-state index in [2.05, 4.69) is 41.9 Å². The van der Waals surface area contributed by atoms with Gasteiger partial charge in [-0.2, -0.15) is 0 Å². The molecule has 3 saturated heterocycles. The fraction of sp³-hybridized carbons (Fsp3) is 0.457. The first-order valence-electron chi connectivity index (χ1n) is 16.6. The standard InChI is InChI=1S/C35H43ClN8O3/c1-3-35(45)40-28-20-29(39-33-22-34(38-23-37-33)44-30(11-18-47-44)24-5-4-6-25(36)19-24)32(46-2)21-31(28)43-12-9-27(10-13-43)42-16-14-41(15-17-42)26-7-8-26/h3-6,19-23,26-27,30H,1,7-18H2,2H3,(H,40,45)(H,37,38,39). The van der Waals surface area contributed by atoms with Crippen molar-refractivity contribution in [2.45, 2.75) is 50.2 Å². The van der Waals surface area contributed by atoms with Crippen molar-refractivity contribution < 1.29 is 14.4 Å². The second kappa shape index (κ2) is 14.1. The fourth-order valence-electron chi connectivity index (χ4n) is 7.15. The maximum Gasteiger partial charge on any atom is 0.247 e. The summed E-state index contributed by atoms with van der Waals surface area (Å²) in [6, 6.07) is 15.0. The molecule has 4 fully saturated rings. The van der Waals surface area contributed by atoms with Gasteiger partial charge in [-0.3, -0.25) is 19.4 Å². The Morgan fingerprint density at radius 3 is 2.38 bits per heavy atom. The number of benzene rings is 2. The van der Waals surface area contributed by atoms with E-state index in [0.717, 1.165) is 62.7 Å². The molecule has 2 aromatic carbocycles. The van der Waals surface area contributed by atoms with Gasteiger partial charge in [0.15, 0.2) is 5.82 Å². The van der Waals surface area contributed by atoms with Crippen LogP contribution in [0.1, 0.15) is 43.7 Å². The molecule has 0 spiro atoms. The minimum atomic E-state index is -0.270. The van der Waals surface area contributed by atoms with E-state index in [-0.39, 0.29) is 11.9 Å². The number of hydrogen-bond donors (Lipinski definition) is 2. The van der Waals surface area contributed by atoms with Crippen LogP contribution < -0.4 is 25.3 Å². The van der Waals surface area contributed by atoms with Gasteiger partial charge in [0, 0.05) is 74.9 Å². The van der Waals surface area contributed by atoms with Crippen LogP contribution in [-0.4, -0.2) is 90.7 Å². The zero-order valence-corrected chi connectivity index (χ0v) is 27.7. The molecule has 3 aliphatic heterocycles. The van der Waals surface area contributed by atoms with Gasteiger partial charge < -0.3 is 20.3 Å². The predicted octanol–water partition coefficient (Wildman–Crippen LogP) is 5.64. The SMILES string of the molecule is C=CC(=O)Nc1cc(Nc2cc(N3OCCC3c3cccc(Cl)c3)ncn2)c(OC)cc1N1CCC(N2CCN(C3CC3)CC2)CC1. The molecule has 1 atom stereocenters. The lowest BCUT2D eigenvalue weighted by Gasteiger charge is -2.43. The molecule has 1 saturated carbocycles. The van der Waals surface area contributed by atoms with Crippen LogP contribution >= 0.6 is 11.6 Å². The summed E-state index contributed by atoms with van der Waals surface area (Å²) in [4.78, 5) is 35.3. The molecule has 0 radical (unpaired) electrons. The minimum absolute atomic E-state index is 0.0255. The first-order valence-corrected chi connectivity index (χ1v) is 17.0. The Bertz CT molecular complexity index is 1590. The maximum absolute atomic E-state index is 12.6. The number of nitrogens with one attached hydrogen (secondary N) is 2. The van der Waals surface area contributed by atoms with Gasteiger partial charge in [0.05, 0.1) is 36.8 Å². The molecule has 1 unspecified atom stereocenters. The van der Waals surface area contributed by atoms with E-state index in [9.17, 15) is 4.79 Å². The molecule has 2 N–H and O–H groups in total. The maximum atomic E-state index is 12.6. The summed E-state index contributed by atoms with van der Waals surface area (Å²) in [6.45, 7) is 10.7. The highest BCUT2D eigenvalue weighted by Crippen LogP contribution is 2.41. The Morgan fingerprint density at radius 2 is 1.70 bits per heavy atom. The van der Waals surface area contributed by atoms with Crippen molar-refractivity contribution in [2.75, 3.05) is 73.6 Å². The van der Waals surface area contributed by atoms with E-state index in [1.807, 2.05) is 47.5 Å². The lowest BCUT2D eigenvalue weighted by molar-refractivity contribution is -0.111. The number of rotatable bonds is 10. The molecule has 1 amide bonds. The number of carbonyl (C=O) groups is 1. The average molecular weight is 659 g/mol. The number of amides is 1. The molecule has 4 aliphatic rings. The van der Waals surface area contributed by atoms with E-state index in [1.165, 1.54) is 38.3 Å². The third-order valence-electron chi connectivity index (χ3n) is 9.77. The Morgan fingerprint density at radius 1 is 0.957 bits per heavy atom. The zero-order valence-electron chi connectivity index (χ0n) is 26.9. The average Bonchev–Trinajstić information content (AvgIpc) is 3.84. The minimum Gasteiger partial charge on any atom is -0.494 e. The number of piperazine rings is 1. The van der Waals surface area contributed by atoms with Gasteiger partial charge in [0.1, 0.15) is 17.9 Å². The lowest BCUT2D eigenvalue weighted by atomic mass is 10.0. The van der Waals surface area contributed by atoms with Crippen molar-refractivity contribution >= 4 is 46.2 Å². The molecular weight excluding hydrogens is 616 g/mol. The number of carbonyl (C=O) groups excluding carboxylic acids is 1. The van der Waals surface area contributed by atoms with Crippen molar-refractivity contribution in [1.29, 1.82) is 0 Å².